The number of nitrogens with two attached hydrogens (primary N) is 1. The van der Waals surface area contributed by atoms with Crippen molar-refractivity contribution < 1.29 is 0 Å². The number of hydrazine groups is 1. The summed E-state index contributed by atoms with van der Waals surface area (Å²) in [7, 11) is 0. The molecule has 3 atom stereocenters. The molecular formula is C17H26N2. The van der Waals surface area contributed by atoms with E-state index in [1.807, 2.05) is 0 Å². The fraction of sp³-hybridized carbons (Fsp3) is 0.647. The van der Waals surface area contributed by atoms with Crippen LogP contribution in [0, 0.1) is 11.8 Å². The molecule has 0 bridgehead atoms. The highest BCUT2D eigenvalue weighted by Crippen LogP contribution is 2.44. The maximum absolute atomic E-state index is 5.93. The van der Waals surface area contributed by atoms with E-state index in [-0.39, 0.29) is 0 Å². The van der Waals surface area contributed by atoms with Crippen molar-refractivity contribution in [1.82, 2.24) is 5.43 Å². The Kier molecular flexibility index (Phi) is 3.90. The maximum Gasteiger partial charge on any atom is 0.0493 e. The van der Waals surface area contributed by atoms with Gasteiger partial charge >= 0.3 is 0 Å². The van der Waals surface area contributed by atoms with Crippen molar-refractivity contribution in [3.8, 4) is 0 Å². The second kappa shape index (κ2) is 5.64. The molecule has 1 aromatic rings. The summed E-state index contributed by atoms with van der Waals surface area (Å²) in [6.07, 6.45) is 8.13. The highest BCUT2D eigenvalue weighted by molar-refractivity contribution is 5.34. The fourth-order valence-corrected chi connectivity index (χ4v) is 4.00. The van der Waals surface area contributed by atoms with Crippen LogP contribution < -0.4 is 11.3 Å². The lowest BCUT2D eigenvalue weighted by molar-refractivity contribution is 0.299. The average molecular weight is 258 g/mol. The van der Waals surface area contributed by atoms with Crippen LogP contribution in [0.15, 0.2) is 24.3 Å². The van der Waals surface area contributed by atoms with Crippen LogP contribution in [-0.2, 0) is 0 Å². The first-order valence-electron chi connectivity index (χ1n) is 7.86. The van der Waals surface area contributed by atoms with Gasteiger partial charge in [-0.1, -0.05) is 50.5 Å². The molecule has 3 rings (SSSR count). The number of hydrogen-bond donors (Lipinski definition) is 2. The third kappa shape index (κ3) is 2.44. The molecule has 2 fully saturated rings. The molecule has 0 amide bonds. The molecule has 0 spiro atoms. The Morgan fingerprint density at radius 2 is 1.84 bits per heavy atom. The van der Waals surface area contributed by atoms with Gasteiger partial charge in [-0.05, 0) is 48.1 Å². The molecule has 2 aliphatic rings. The molecule has 2 saturated carbocycles. The minimum absolute atomic E-state index is 0.342. The smallest absolute Gasteiger partial charge is 0.0493 e. The molecule has 0 heterocycles. The summed E-state index contributed by atoms with van der Waals surface area (Å²) in [5.74, 6) is 8.19. The number of hydrogen-bond acceptors (Lipinski definition) is 2. The number of nitrogens with one attached hydrogen (secondary N) is 1. The Morgan fingerprint density at radius 3 is 2.42 bits per heavy atom. The molecule has 3 N–H and O–H groups in total. The number of benzene rings is 1. The third-order valence-electron chi connectivity index (χ3n) is 5.41. The number of rotatable bonds is 4. The van der Waals surface area contributed by atoms with Crippen molar-refractivity contribution in [1.29, 1.82) is 0 Å². The van der Waals surface area contributed by atoms with Gasteiger partial charge in [0, 0.05) is 6.04 Å². The Morgan fingerprint density at radius 1 is 1.11 bits per heavy atom. The van der Waals surface area contributed by atoms with Gasteiger partial charge in [0.1, 0.15) is 0 Å². The van der Waals surface area contributed by atoms with E-state index >= 15 is 0 Å². The summed E-state index contributed by atoms with van der Waals surface area (Å²) in [5, 5.41) is 0. The van der Waals surface area contributed by atoms with E-state index in [0.29, 0.717) is 12.0 Å². The molecule has 19 heavy (non-hydrogen) atoms. The molecule has 0 aromatic heterocycles. The van der Waals surface area contributed by atoms with Gasteiger partial charge in [0.25, 0.3) is 0 Å². The van der Waals surface area contributed by atoms with Gasteiger partial charge in [0.05, 0.1) is 0 Å². The van der Waals surface area contributed by atoms with Gasteiger partial charge in [-0.2, -0.15) is 0 Å². The van der Waals surface area contributed by atoms with Gasteiger partial charge in [-0.15, -0.1) is 0 Å². The monoisotopic (exact) mass is 258 g/mol. The summed E-state index contributed by atoms with van der Waals surface area (Å²) < 4.78 is 0. The summed E-state index contributed by atoms with van der Waals surface area (Å²) in [6, 6.07) is 9.31. The first-order chi connectivity index (χ1) is 9.31. The van der Waals surface area contributed by atoms with Crippen LogP contribution in [0.3, 0.4) is 0 Å². The molecule has 104 valence electrons. The zero-order chi connectivity index (χ0) is 13.2. The predicted molar refractivity (Wildman–Crippen MR) is 79.6 cm³/mol. The lowest BCUT2D eigenvalue weighted by Crippen LogP contribution is -2.35. The van der Waals surface area contributed by atoms with Crippen molar-refractivity contribution in [2.24, 2.45) is 17.7 Å². The molecule has 1 aromatic carbocycles. The standard InChI is InChI=1S/C17H26N2/c1-12-6-4-11-14(12)17(19-18)16-10-3-2-9-15(16)13-7-5-8-13/h2-3,9-10,12-14,17,19H,4-8,11,18H2,1H3. The van der Waals surface area contributed by atoms with E-state index in [4.69, 9.17) is 5.84 Å². The van der Waals surface area contributed by atoms with Crippen LogP contribution in [0.1, 0.15) is 68.5 Å². The van der Waals surface area contributed by atoms with Crippen molar-refractivity contribution in [2.45, 2.75) is 57.4 Å². The zero-order valence-corrected chi connectivity index (χ0v) is 11.9. The SMILES string of the molecule is CC1CCCC1C(NN)c1ccccc1C1CCC1. The molecule has 0 aliphatic heterocycles. The normalized spacial score (nSPS) is 29.2. The first kappa shape index (κ1) is 13.1. The van der Waals surface area contributed by atoms with E-state index in [0.717, 1.165) is 11.8 Å². The Hall–Kier alpha value is -0.860. The van der Waals surface area contributed by atoms with Gasteiger partial charge in [0.2, 0.25) is 0 Å². The van der Waals surface area contributed by atoms with E-state index in [2.05, 4.69) is 36.6 Å². The summed E-state index contributed by atoms with van der Waals surface area (Å²) in [6.45, 7) is 2.38. The van der Waals surface area contributed by atoms with E-state index in [1.165, 1.54) is 44.1 Å². The molecule has 2 aliphatic carbocycles. The Balaban J connectivity index is 1.90. The highest BCUT2D eigenvalue weighted by Gasteiger charge is 2.33. The molecule has 2 heteroatoms. The molecule has 0 saturated heterocycles. The lowest BCUT2D eigenvalue weighted by atomic mass is 9.75. The topological polar surface area (TPSA) is 38.0 Å². The predicted octanol–water partition coefficient (Wildman–Crippen LogP) is 3.89. The second-order valence-electron chi connectivity index (χ2n) is 6.47. The van der Waals surface area contributed by atoms with E-state index < -0.39 is 0 Å². The second-order valence-corrected chi connectivity index (χ2v) is 6.47. The minimum Gasteiger partial charge on any atom is -0.271 e. The van der Waals surface area contributed by atoms with Crippen LogP contribution in [0.25, 0.3) is 0 Å². The maximum atomic E-state index is 5.93. The summed E-state index contributed by atoms with van der Waals surface area (Å²) >= 11 is 0. The van der Waals surface area contributed by atoms with Gasteiger partial charge in [-0.25, -0.2) is 0 Å². The average Bonchev–Trinajstić information content (AvgIpc) is 2.77. The molecule has 3 unspecified atom stereocenters. The lowest BCUT2D eigenvalue weighted by Gasteiger charge is -2.33. The van der Waals surface area contributed by atoms with Crippen LogP contribution >= 0.6 is 0 Å². The largest absolute Gasteiger partial charge is 0.271 e. The van der Waals surface area contributed by atoms with Crippen molar-refractivity contribution in [2.75, 3.05) is 0 Å². The Labute approximate surface area is 116 Å². The third-order valence-corrected chi connectivity index (χ3v) is 5.41. The van der Waals surface area contributed by atoms with Crippen molar-refractivity contribution in [3.63, 3.8) is 0 Å². The van der Waals surface area contributed by atoms with Crippen LogP contribution in [0.4, 0.5) is 0 Å². The van der Waals surface area contributed by atoms with Crippen LogP contribution in [-0.4, -0.2) is 0 Å². The quantitative estimate of drug-likeness (QED) is 0.635. The van der Waals surface area contributed by atoms with Gasteiger partial charge < -0.3 is 0 Å². The fourth-order valence-electron chi connectivity index (χ4n) is 4.00. The van der Waals surface area contributed by atoms with Gasteiger partial charge in [0.15, 0.2) is 0 Å². The van der Waals surface area contributed by atoms with Crippen LogP contribution in [0.2, 0.25) is 0 Å². The molecule has 0 radical (unpaired) electrons. The highest BCUT2D eigenvalue weighted by atomic mass is 15.2. The van der Waals surface area contributed by atoms with Crippen molar-refractivity contribution >= 4 is 0 Å². The summed E-state index contributed by atoms with van der Waals surface area (Å²) in [5.41, 5.74) is 6.15. The first-order valence-corrected chi connectivity index (χ1v) is 7.86. The molecular weight excluding hydrogens is 232 g/mol. The van der Waals surface area contributed by atoms with Gasteiger partial charge in [-0.3, -0.25) is 11.3 Å². The summed E-state index contributed by atoms with van der Waals surface area (Å²) in [4.78, 5) is 0. The molecule has 2 nitrogen and oxygen atoms in total. The van der Waals surface area contributed by atoms with E-state index in [1.54, 1.807) is 5.56 Å². The van der Waals surface area contributed by atoms with E-state index in [9.17, 15) is 0 Å². The van der Waals surface area contributed by atoms with Crippen molar-refractivity contribution in [3.05, 3.63) is 35.4 Å². The zero-order valence-electron chi connectivity index (χ0n) is 11.9. The van der Waals surface area contributed by atoms with Crippen LogP contribution in [0.5, 0.6) is 0 Å². The Bertz CT molecular complexity index is 425. The minimum atomic E-state index is 0.342.